The SMILES string of the molecule is COc1ccc(COC/C=C/[C@@H](C[C@@H](OC)[C@@H](C)C(=O)O)O[Si](C)(C)C(C)(C)C)cc1. The number of methoxy groups -OCH3 is 2. The summed E-state index contributed by atoms with van der Waals surface area (Å²) in [6.07, 6.45) is 3.73. The minimum Gasteiger partial charge on any atom is -0.497 e. The monoisotopic (exact) mass is 452 g/mol. The molecule has 0 aromatic heterocycles. The largest absolute Gasteiger partial charge is 0.497 e. The van der Waals surface area contributed by atoms with E-state index in [2.05, 4.69) is 33.9 Å². The average Bonchev–Trinajstić information content (AvgIpc) is 2.70. The fourth-order valence-corrected chi connectivity index (χ4v) is 4.07. The van der Waals surface area contributed by atoms with E-state index in [1.165, 1.54) is 0 Å². The van der Waals surface area contributed by atoms with E-state index in [4.69, 9.17) is 18.6 Å². The summed E-state index contributed by atoms with van der Waals surface area (Å²) < 4.78 is 23.0. The van der Waals surface area contributed by atoms with Gasteiger partial charge in [-0.05, 0) is 42.8 Å². The van der Waals surface area contributed by atoms with E-state index in [0.29, 0.717) is 19.6 Å². The van der Waals surface area contributed by atoms with Gasteiger partial charge in [-0.2, -0.15) is 0 Å². The highest BCUT2D eigenvalue weighted by Crippen LogP contribution is 2.38. The van der Waals surface area contributed by atoms with E-state index in [1.807, 2.05) is 36.4 Å². The third kappa shape index (κ3) is 9.15. The van der Waals surface area contributed by atoms with E-state index in [9.17, 15) is 9.90 Å². The van der Waals surface area contributed by atoms with Crippen LogP contribution in [0.2, 0.25) is 18.1 Å². The second-order valence-electron chi connectivity index (χ2n) is 9.34. The first-order valence-electron chi connectivity index (χ1n) is 10.7. The van der Waals surface area contributed by atoms with Gasteiger partial charge in [-0.15, -0.1) is 0 Å². The molecule has 1 aromatic carbocycles. The van der Waals surface area contributed by atoms with Crippen LogP contribution in [0.15, 0.2) is 36.4 Å². The summed E-state index contributed by atoms with van der Waals surface area (Å²) in [6, 6.07) is 7.77. The minimum atomic E-state index is -2.05. The van der Waals surface area contributed by atoms with E-state index in [0.717, 1.165) is 11.3 Å². The molecule has 0 aliphatic rings. The predicted molar refractivity (Wildman–Crippen MR) is 126 cm³/mol. The van der Waals surface area contributed by atoms with Crippen molar-refractivity contribution in [1.82, 2.24) is 0 Å². The van der Waals surface area contributed by atoms with Gasteiger partial charge in [-0.3, -0.25) is 4.79 Å². The Morgan fingerprint density at radius 2 is 1.77 bits per heavy atom. The Bertz CT molecular complexity index is 693. The lowest BCUT2D eigenvalue weighted by Crippen LogP contribution is -2.45. The first kappa shape index (κ1) is 27.4. The van der Waals surface area contributed by atoms with Gasteiger partial charge in [0.1, 0.15) is 5.75 Å². The summed E-state index contributed by atoms with van der Waals surface area (Å²) in [5, 5.41) is 9.43. The Morgan fingerprint density at radius 1 is 1.16 bits per heavy atom. The summed E-state index contributed by atoms with van der Waals surface area (Å²) in [6.45, 7) is 13.5. The van der Waals surface area contributed by atoms with Gasteiger partial charge in [0.2, 0.25) is 0 Å². The smallest absolute Gasteiger partial charge is 0.308 e. The van der Waals surface area contributed by atoms with Gasteiger partial charge >= 0.3 is 5.97 Å². The van der Waals surface area contributed by atoms with Crippen LogP contribution in [0.1, 0.15) is 39.7 Å². The van der Waals surface area contributed by atoms with Gasteiger partial charge in [-0.25, -0.2) is 0 Å². The van der Waals surface area contributed by atoms with Crippen molar-refractivity contribution in [2.45, 2.75) is 71.1 Å². The zero-order valence-electron chi connectivity index (χ0n) is 20.3. The number of hydrogen-bond donors (Lipinski definition) is 1. The minimum absolute atomic E-state index is 0.0466. The van der Waals surface area contributed by atoms with Crippen LogP contribution in [-0.2, 0) is 25.3 Å². The molecule has 6 nitrogen and oxygen atoms in total. The van der Waals surface area contributed by atoms with Crippen LogP contribution < -0.4 is 4.74 Å². The molecule has 0 radical (unpaired) electrons. The highest BCUT2D eigenvalue weighted by atomic mass is 28.4. The molecule has 0 spiro atoms. The van der Waals surface area contributed by atoms with Crippen LogP contribution in [0.5, 0.6) is 5.75 Å². The van der Waals surface area contributed by atoms with Crippen molar-refractivity contribution in [3.8, 4) is 5.75 Å². The molecule has 0 heterocycles. The fourth-order valence-electron chi connectivity index (χ4n) is 2.79. The van der Waals surface area contributed by atoms with Crippen LogP contribution in [0, 0.1) is 5.92 Å². The van der Waals surface area contributed by atoms with Gasteiger partial charge in [0.05, 0.1) is 38.4 Å². The molecule has 3 atom stereocenters. The van der Waals surface area contributed by atoms with E-state index in [-0.39, 0.29) is 11.1 Å². The highest BCUT2D eigenvalue weighted by molar-refractivity contribution is 6.74. The summed E-state index contributed by atoms with van der Waals surface area (Å²) in [4.78, 5) is 11.4. The first-order chi connectivity index (χ1) is 14.4. The van der Waals surface area contributed by atoms with Crippen molar-refractivity contribution in [1.29, 1.82) is 0 Å². The summed E-state index contributed by atoms with van der Waals surface area (Å²) in [7, 11) is 1.15. The number of carboxylic acids is 1. The van der Waals surface area contributed by atoms with E-state index in [1.54, 1.807) is 21.1 Å². The molecule has 0 bridgehead atoms. The molecule has 0 saturated carbocycles. The Kier molecular flexibility index (Phi) is 10.9. The molecule has 1 rings (SSSR count). The molecular formula is C24H40O6Si. The molecule has 7 heteroatoms. The van der Waals surface area contributed by atoms with E-state index >= 15 is 0 Å². The lowest BCUT2D eigenvalue weighted by molar-refractivity contribution is -0.146. The number of rotatable bonds is 13. The standard InChI is InChI=1S/C24H40O6Si/c1-18(23(25)26)22(28-6)16-21(30-31(7,8)24(2,3)4)10-9-15-29-17-19-11-13-20(27-5)14-12-19/h9-14,18,21-22H,15-17H2,1-8H3,(H,25,26)/b10-9+/t18-,21+,22-/m1/s1. The van der Waals surface area contributed by atoms with Crippen molar-refractivity contribution in [3.63, 3.8) is 0 Å². The quantitative estimate of drug-likeness (QED) is 0.249. The maximum absolute atomic E-state index is 11.4. The molecular weight excluding hydrogens is 412 g/mol. The maximum Gasteiger partial charge on any atom is 0.308 e. The zero-order valence-corrected chi connectivity index (χ0v) is 21.3. The summed E-state index contributed by atoms with van der Waals surface area (Å²) in [5.74, 6) is -0.669. The molecule has 1 aromatic rings. The fraction of sp³-hybridized carbons (Fsp3) is 0.625. The lowest BCUT2D eigenvalue weighted by atomic mass is 9.99. The normalized spacial score (nSPS) is 15.6. The molecule has 0 aliphatic carbocycles. The average molecular weight is 453 g/mol. The second kappa shape index (κ2) is 12.4. The number of ether oxygens (including phenoxy) is 3. The number of carboxylic acid groups (broad SMARTS) is 1. The topological polar surface area (TPSA) is 74.2 Å². The Labute approximate surface area is 188 Å². The highest BCUT2D eigenvalue weighted by Gasteiger charge is 2.39. The number of aliphatic carboxylic acids is 1. The number of benzene rings is 1. The van der Waals surface area contributed by atoms with Crippen molar-refractivity contribution >= 4 is 14.3 Å². The first-order valence-corrected chi connectivity index (χ1v) is 13.6. The predicted octanol–water partition coefficient (Wildman–Crippen LogP) is 5.28. The van der Waals surface area contributed by atoms with E-state index < -0.39 is 26.3 Å². The third-order valence-corrected chi connectivity index (χ3v) is 10.5. The molecule has 0 fully saturated rings. The van der Waals surface area contributed by atoms with Crippen LogP contribution in [-0.4, -0.2) is 52.4 Å². The maximum atomic E-state index is 11.4. The molecule has 1 N–H and O–H groups in total. The summed E-state index contributed by atoms with van der Waals surface area (Å²) in [5.41, 5.74) is 1.07. The molecule has 0 saturated heterocycles. The van der Waals surface area contributed by atoms with Gasteiger partial charge in [-0.1, -0.05) is 45.1 Å². The Hall–Kier alpha value is -1.67. The van der Waals surface area contributed by atoms with Crippen molar-refractivity contribution in [2.75, 3.05) is 20.8 Å². The van der Waals surface area contributed by atoms with Gasteiger partial charge < -0.3 is 23.7 Å². The molecule has 31 heavy (non-hydrogen) atoms. The molecule has 0 unspecified atom stereocenters. The number of hydrogen-bond acceptors (Lipinski definition) is 5. The molecule has 0 amide bonds. The van der Waals surface area contributed by atoms with Crippen LogP contribution in [0.25, 0.3) is 0 Å². The Balaban J connectivity index is 2.78. The van der Waals surface area contributed by atoms with Crippen molar-refractivity contribution in [3.05, 3.63) is 42.0 Å². The molecule has 0 aliphatic heterocycles. The summed E-state index contributed by atoms with van der Waals surface area (Å²) >= 11 is 0. The van der Waals surface area contributed by atoms with Gasteiger partial charge in [0.25, 0.3) is 0 Å². The van der Waals surface area contributed by atoms with Gasteiger partial charge in [0.15, 0.2) is 8.32 Å². The van der Waals surface area contributed by atoms with Crippen molar-refractivity contribution in [2.24, 2.45) is 5.92 Å². The van der Waals surface area contributed by atoms with Crippen LogP contribution in [0.4, 0.5) is 0 Å². The van der Waals surface area contributed by atoms with Crippen LogP contribution in [0.3, 0.4) is 0 Å². The third-order valence-electron chi connectivity index (χ3n) is 5.96. The van der Waals surface area contributed by atoms with Gasteiger partial charge in [0, 0.05) is 13.5 Å². The lowest BCUT2D eigenvalue weighted by Gasteiger charge is -2.39. The molecule has 176 valence electrons. The number of carbonyl (C=O) groups is 1. The second-order valence-corrected chi connectivity index (χ2v) is 14.1. The van der Waals surface area contributed by atoms with Crippen LogP contribution >= 0.6 is 0 Å². The Morgan fingerprint density at radius 3 is 2.26 bits per heavy atom. The van der Waals surface area contributed by atoms with Crippen molar-refractivity contribution < 1.29 is 28.5 Å². The zero-order chi connectivity index (χ0) is 23.7.